The summed E-state index contributed by atoms with van der Waals surface area (Å²) in [5.74, 6) is 1.14. The molecule has 0 aliphatic carbocycles. The molecule has 0 atom stereocenters. The second-order valence-electron chi connectivity index (χ2n) is 7.03. The SMILES string of the molecule is Cc1ccc2oc(N3CCC(C(=O)NCCc4nccn4C)CC3)nc2n1. The summed E-state index contributed by atoms with van der Waals surface area (Å²) in [6.45, 7) is 4.05. The lowest BCUT2D eigenvalue weighted by Crippen LogP contribution is -2.41. The van der Waals surface area contributed by atoms with Crippen LogP contribution in [0.2, 0.25) is 0 Å². The Morgan fingerprint density at radius 3 is 2.85 bits per heavy atom. The molecule has 0 bridgehead atoms. The molecule has 4 heterocycles. The first-order valence-corrected chi connectivity index (χ1v) is 9.33. The van der Waals surface area contributed by atoms with E-state index in [1.807, 2.05) is 36.9 Å². The van der Waals surface area contributed by atoms with E-state index in [2.05, 4.69) is 25.2 Å². The van der Waals surface area contributed by atoms with Gasteiger partial charge >= 0.3 is 0 Å². The van der Waals surface area contributed by atoms with E-state index < -0.39 is 0 Å². The highest BCUT2D eigenvalue weighted by molar-refractivity contribution is 5.79. The van der Waals surface area contributed by atoms with Gasteiger partial charge in [-0.15, -0.1) is 0 Å². The second kappa shape index (κ2) is 7.38. The molecule has 1 aliphatic rings. The Morgan fingerprint density at radius 1 is 1.30 bits per heavy atom. The predicted molar refractivity (Wildman–Crippen MR) is 101 cm³/mol. The van der Waals surface area contributed by atoms with Crippen molar-refractivity contribution in [2.24, 2.45) is 13.0 Å². The van der Waals surface area contributed by atoms with Crippen LogP contribution < -0.4 is 10.2 Å². The summed E-state index contributed by atoms with van der Waals surface area (Å²) < 4.78 is 7.79. The summed E-state index contributed by atoms with van der Waals surface area (Å²) in [6, 6.07) is 4.41. The maximum Gasteiger partial charge on any atom is 0.299 e. The zero-order chi connectivity index (χ0) is 18.8. The quantitative estimate of drug-likeness (QED) is 0.739. The van der Waals surface area contributed by atoms with Crippen LogP contribution in [-0.4, -0.2) is 45.1 Å². The number of rotatable bonds is 5. The van der Waals surface area contributed by atoms with Crippen molar-refractivity contribution in [1.82, 2.24) is 24.8 Å². The molecular weight excluding hydrogens is 344 g/mol. The molecule has 8 heteroatoms. The number of pyridine rings is 1. The molecule has 1 saturated heterocycles. The number of hydrogen-bond donors (Lipinski definition) is 1. The molecule has 8 nitrogen and oxygen atoms in total. The number of nitrogens with zero attached hydrogens (tertiary/aromatic N) is 5. The van der Waals surface area contributed by atoms with Gasteiger partial charge in [-0.3, -0.25) is 4.79 Å². The number of fused-ring (bicyclic) bond motifs is 1. The van der Waals surface area contributed by atoms with Gasteiger partial charge in [0, 0.05) is 57.1 Å². The van der Waals surface area contributed by atoms with Crippen LogP contribution >= 0.6 is 0 Å². The largest absolute Gasteiger partial charge is 0.422 e. The number of amides is 1. The summed E-state index contributed by atoms with van der Waals surface area (Å²) in [6.07, 6.45) is 6.01. The van der Waals surface area contributed by atoms with E-state index in [1.165, 1.54) is 0 Å². The molecular formula is C19H24N6O2. The van der Waals surface area contributed by atoms with Gasteiger partial charge in [0.15, 0.2) is 5.58 Å². The van der Waals surface area contributed by atoms with Crippen molar-refractivity contribution in [2.75, 3.05) is 24.5 Å². The van der Waals surface area contributed by atoms with Crippen LogP contribution in [0.1, 0.15) is 24.4 Å². The van der Waals surface area contributed by atoms with E-state index in [4.69, 9.17) is 4.42 Å². The highest BCUT2D eigenvalue weighted by Gasteiger charge is 2.27. The van der Waals surface area contributed by atoms with Gasteiger partial charge in [-0.2, -0.15) is 4.98 Å². The summed E-state index contributed by atoms with van der Waals surface area (Å²) >= 11 is 0. The zero-order valence-corrected chi connectivity index (χ0v) is 15.7. The third-order valence-corrected chi connectivity index (χ3v) is 5.09. The molecule has 1 N–H and O–H groups in total. The Bertz CT molecular complexity index is 939. The lowest BCUT2D eigenvalue weighted by atomic mass is 9.96. The van der Waals surface area contributed by atoms with E-state index >= 15 is 0 Å². The molecule has 3 aromatic heterocycles. The van der Waals surface area contributed by atoms with Crippen LogP contribution in [0.4, 0.5) is 6.01 Å². The van der Waals surface area contributed by atoms with Gasteiger partial charge in [0.25, 0.3) is 6.01 Å². The number of carbonyl (C=O) groups is 1. The van der Waals surface area contributed by atoms with E-state index in [-0.39, 0.29) is 11.8 Å². The van der Waals surface area contributed by atoms with Gasteiger partial charge < -0.3 is 19.2 Å². The number of imidazole rings is 1. The Balaban J connectivity index is 1.28. The highest BCUT2D eigenvalue weighted by Crippen LogP contribution is 2.26. The van der Waals surface area contributed by atoms with E-state index in [1.54, 1.807) is 6.20 Å². The number of hydrogen-bond acceptors (Lipinski definition) is 6. The van der Waals surface area contributed by atoms with Gasteiger partial charge in [0.05, 0.1) is 0 Å². The minimum Gasteiger partial charge on any atom is -0.422 e. The Labute approximate surface area is 157 Å². The zero-order valence-electron chi connectivity index (χ0n) is 15.7. The van der Waals surface area contributed by atoms with Crippen LogP contribution in [0.15, 0.2) is 28.9 Å². The van der Waals surface area contributed by atoms with Crippen LogP contribution in [0.5, 0.6) is 0 Å². The Hall–Kier alpha value is -2.90. The van der Waals surface area contributed by atoms with Gasteiger partial charge in [0.1, 0.15) is 5.82 Å². The second-order valence-corrected chi connectivity index (χ2v) is 7.03. The standard InChI is InChI=1S/C19H24N6O2/c1-13-3-4-15-17(22-13)23-19(27-15)25-10-6-14(7-11-25)18(26)21-8-5-16-20-9-12-24(16)2/h3-4,9,12,14H,5-8,10-11H2,1-2H3,(H,21,26). The fourth-order valence-corrected chi connectivity index (χ4v) is 3.45. The third-order valence-electron chi connectivity index (χ3n) is 5.09. The molecule has 0 spiro atoms. The van der Waals surface area contributed by atoms with Crippen LogP contribution in [0.3, 0.4) is 0 Å². The highest BCUT2D eigenvalue weighted by atomic mass is 16.4. The summed E-state index contributed by atoms with van der Waals surface area (Å²) in [5.41, 5.74) is 2.26. The van der Waals surface area contributed by atoms with Crippen molar-refractivity contribution in [1.29, 1.82) is 0 Å². The number of aromatic nitrogens is 4. The molecule has 1 fully saturated rings. The minimum atomic E-state index is 0.0346. The predicted octanol–water partition coefficient (Wildman–Crippen LogP) is 1.84. The Morgan fingerprint density at radius 2 is 2.11 bits per heavy atom. The number of carbonyl (C=O) groups excluding carboxylic acids is 1. The summed E-state index contributed by atoms with van der Waals surface area (Å²) in [4.78, 5) is 27.7. The lowest BCUT2D eigenvalue weighted by Gasteiger charge is -2.30. The first kappa shape index (κ1) is 17.5. The number of aryl methyl sites for hydroxylation is 2. The van der Waals surface area contributed by atoms with Crippen molar-refractivity contribution in [3.63, 3.8) is 0 Å². The normalized spacial score (nSPS) is 15.4. The van der Waals surface area contributed by atoms with Crippen molar-refractivity contribution < 1.29 is 9.21 Å². The average molecular weight is 368 g/mol. The maximum atomic E-state index is 12.4. The van der Waals surface area contributed by atoms with Crippen molar-refractivity contribution in [2.45, 2.75) is 26.2 Å². The van der Waals surface area contributed by atoms with Crippen molar-refractivity contribution >= 4 is 23.2 Å². The first-order chi connectivity index (χ1) is 13.1. The third kappa shape index (κ3) is 3.79. The molecule has 142 valence electrons. The van der Waals surface area contributed by atoms with Crippen molar-refractivity contribution in [3.8, 4) is 0 Å². The molecule has 4 rings (SSSR count). The first-order valence-electron chi connectivity index (χ1n) is 9.33. The molecule has 3 aromatic rings. The van der Waals surface area contributed by atoms with Gasteiger partial charge in [-0.25, -0.2) is 9.97 Å². The van der Waals surface area contributed by atoms with E-state index in [0.717, 1.165) is 43.9 Å². The molecule has 0 radical (unpaired) electrons. The molecule has 0 unspecified atom stereocenters. The van der Waals surface area contributed by atoms with Gasteiger partial charge in [-0.05, 0) is 31.9 Å². The van der Waals surface area contributed by atoms with E-state index in [0.29, 0.717) is 23.8 Å². The lowest BCUT2D eigenvalue weighted by molar-refractivity contribution is -0.125. The topological polar surface area (TPSA) is 89.1 Å². The van der Waals surface area contributed by atoms with Crippen molar-refractivity contribution in [3.05, 3.63) is 36.0 Å². The van der Waals surface area contributed by atoms with E-state index in [9.17, 15) is 4.79 Å². The number of oxazole rings is 1. The maximum absolute atomic E-state index is 12.4. The number of nitrogens with one attached hydrogen (secondary N) is 1. The minimum absolute atomic E-state index is 0.0346. The van der Waals surface area contributed by atoms with Crippen LogP contribution in [0.25, 0.3) is 11.2 Å². The smallest absolute Gasteiger partial charge is 0.299 e. The molecule has 27 heavy (non-hydrogen) atoms. The van der Waals surface area contributed by atoms with Crippen LogP contribution in [0, 0.1) is 12.8 Å². The summed E-state index contributed by atoms with van der Waals surface area (Å²) in [5, 5.41) is 3.04. The monoisotopic (exact) mass is 368 g/mol. The van der Waals surface area contributed by atoms with Gasteiger partial charge in [-0.1, -0.05) is 0 Å². The molecule has 0 aromatic carbocycles. The number of anilines is 1. The average Bonchev–Trinajstić information content (AvgIpc) is 3.27. The fourth-order valence-electron chi connectivity index (χ4n) is 3.45. The van der Waals surface area contributed by atoms with Crippen LogP contribution in [-0.2, 0) is 18.3 Å². The fraction of sp³-hybridized carbons (Fsp3) is 0.474. The number of piperidine rings is 1. The molecule has 1 aliphatic heterocycles. The Kier molecular flexibility index (Phi) is 4.79. The molecule has 1 amide bonds. The molecule has 0 saturated carbocycles. The van der Waals surface area contributed by atoms with Gasteiger partial charge in [0.2, 0.25) is 11.6 Å². The summed E-state index contributed by atoms with van der Waals surface area (Å²) in [7, 11) is 1.96.